The zero-order valence-electron chi connectivity index (χ0n) is 16.5. The van der Waals surface area contributed by atoms with E-state index < -0.39 is 0 Å². The van der Waals surface area contributed by atoms with Crippen molar-refractivity contribution in [3.05, 3.63) is 69.2 Å². The molecule has 1 aliphatic rings. The lowest BCUT2D eigenvalue weighted by molar-refractivity contribution is -0.127. The molecule has 1 atom stereocenters. The number of carbonyl (C=O) groups excluding carboxylic acids is 1. The molecular weight excluding hydrogens is 400 g/mol. The van der Waals surface area contributed by atoms with Gasteiger partial charge in [-0.15, -0.1) is 0 Å². The first-order valence-electron chi connectivity index (χ1n) is 9.76. The van der Waals surface area contributed by atoms with Crippen molar-refractivity contribution in [3.8, 4) is 0 Å². The predicted octanol–water partition coefficient (Wildman–Crippen LogP) is 5.16. The Kier molecular flexibility index (Phi) is 6.72. The van der Waals surface area contributed by atoms with Crippen molar-refractivity contribution in [2.75, 3.05) is 13.1 Å². The molecule has 1 unspecified atom stereocenters. The molecule has 1 aliphatic heterocycles. The van der Waals surface area contributed by atoms with Gasteiger partial charge >= 0.3 is 0 Å². The summed E-state index contributed by atoms with van der Waals surface area (Å²) < 4.78 is 1.11. The highest BCUT2D eigenvalue weighted by Gasteiger charge is 2.26. The minimum atomic E-state index is 0.0545. The Bertz CT molecular complexity index is 779. The van der Waals surface area contributed by atoms with Crippen LogP contribution < -0.4 is 5.32 Å². The smallest absolute Gasteiger partial charge is 0.223 e. The molecule has 1 saturated heterocycles. The van der Waals surface area contributed by atoms with E-state index in [1.54, 1.807) is 0 Å². The zero-order valence-corrected chi connectivity index (χ0v) is 18.1. The minimum Gasteiger partial charge on any atom is -0.349 e. The molecule has 1 heterocycles. The molecule has 4 heteroatoms. The number of nitrogens with zero attached hydrogens (tertiary/aromatic N) is 1. The Morgan fingerprint density at radius 2 is 1.81 bits per heavy atom. The summed E-state index contributed by atoms with van der Waals surface area (Å²) in [4.78, 5) is 15.2. The van der Waals surface area contributed by atoms with E-state index in [1.807, 2.05) is 0 Å². The normalized spacial score (nSPS) is 16.9. The molecule has 0 aromatic heterocycles. The van der Waals surface area contributed by atoms with Gasteiger partial charge in [-0.2, -0.15) is 0 Å². The van der Waals surface area contributed by atoms with Gasteiger partial charge in [0.2, 0.25) is 5.91 Å². The van der Waals surface area contributed by atoms with Crippen molar-refractivity contribution in [1.82, 2.24) is 10.2 Å². The van der Waals surface area contributed by atoms with Gasteiger partial charge in [0.05, 0.1) is 6.04 Å². The summed E-state index contributed by atoms with van der Waals surface area (Å²) in [6.45, 7) is 9.21. The van der Waals surface area contributed by atoms with Crippen LogP contribution in [0.4, 0.5) is 0 Å². The SMILES string of the molecule is Cc1ccc(C(C)NC(=O)C2CCN(Cc3ccc(Br)cc3)CC2)c(C)c1. The van der Waals surface area contributed by atoms with Gasteiger partial charge in [-0.3, -0.25) is 9.69 Å². The van der Waals surface area contributed by atoms with Gasteiger partial charge in [-0.05, 0) is 75.5 Å². The summed E-state index contributed by atoms with van der Waals surface area (Å²) >= 11 is 3.48. The minimum absolute atomic E-state index is 0.0545. The lowest BCUT2D eigenvalue weighted by atomic mass is 9.94. The molecule has 3 nitrogen and oxygen atoms in total. The van der Waals surface area contributed by atoms with Crippen molar-refractivity contribution in [3.63, 3.8) is 0 Å². The van der Waals surface area contributed by atoms with E-state index in [4.69, 9.17) is 0 Å². The maximum atomic E-state index is 12.7. The number of benzene rings is 2. The topological polar surface area (TPSA) is 32.3 Å². The molecule has 1 amide bonds. The second kappa shape index (κ2) is 9.03. The number of aryl methyl sites for hydroxylation is 2. The van der Waals surface area contributed by atoms with Crippen molar-refractivity contribution in [1.29, 1.82) is 0 Å². The fourth-order valence-electron chi connectivity index (χ4n) is 3.92. The van der Waals surface area contributed by atoms with Gasteiger partial charge in [0.25, 0.3) is 0 Å². The van der Waals surface area contributed by atoms with Crippen LogP contribution in [0.5, 0.6) is 0 Å². The number of carbonyl (C=O) groups is 1. The summed E-state index contributed by atoms with van der Waals surface area (Å²) in [6.07, 6.45) is 1.87. The average Bonchev–Trinajstić information content (AvgIpc) is 2.64. The highest BCUT2D eigenvalue weighted by atomic mass is 79.9. The third-order valence-electron chi connectivity index (χ3n) is 5.53. The second-order valence-corrected chi connectivity index (χ2v) is 8.68. The van der Waals surface area contributed by atoms with Gasteiger partial charge in [0.15, 0.2) is 0 Å². The van der Waals surface area contributed by atoms with Crippen molar-refractivity contribution >= 4 is 21.8 Å². The first-order chi connectivity index (χ1) is 12.9. The number of nitrogens with one attached hydrogen (secondary N) is 1. The van der Waals surface area contributed by atoms with Crippen LogP contribution in [0, 0.1) is 19.8 Å². The number of piperidine rings is 1. The highest BCUT2D eigenvalue weighted by Crippen LogP contribution is 2.23. The van der Waals surface area contributed by atoms with Crippen molar-refractivity contribution in [2.24, 2.45) is 5.92 Å². The van der Waals surface area contributed by atoms with Gasteiger partial charge < -0.3 is 5.32 Å². The number of hydrogen-bond donors (Lipinski definition) is 1. The van der Waals surface area contributed by atoms with E-state index in [2.05, 4.69) is 89.4 Å². The lowest BCUT2D eigenvalue weighted by Crippen LogP contribution is -2.41. The molecule has 0 aliphatic carbocycles. The second-order valence-electron chi connectivity index (χ2n) is 7.77. The van der Waals surface area contributed by atoms with Crippen LogP contribution in [-0.2, 0) is 11.3 Å². The Labute approximate surface area is 171 Å². The van der Waals surface area contributed by atoms with E-state index >= 15 is 0 Å². The van der Waals surface area contributed by atoms with Crippen LogP contribution in [0.2, 0.25) is 0 Å². The molecule has 3 rings (SSSR count). The summed E-state index contributed by atoms with van der Waals surface area (Å²) in [6, 6.07) is 15.0. The number of amides is 1. The molecule has 0 bridgehead atoms. The fraction of sp³-hybridized carbons (Fsp3) is 0.435. The van der Waals surface area contributed by atoms with Crippen LogP contribution >= 0.6 is 15.9 Å². The number of halogens is 1. The standard InChI is InChI=1S/C23H29BrN2O/c1-16-4-9-22(17(2)14-16)18(3)25-23(27)20-10-12-26(13-11-20)15-19-5-7-21(24)8-6-19/h4-9,14,18,20H,10-13,15H2,1-3H3,(H,25,27). The van der Waals surface area contributed by atoms with Gasteiger partial charge in [0.1, 0.15) is 0 Å². The molecule has 0 spiro atoms. The van der Waals surface area contributed by atoms with E-state index in [0.717, 1.165) is 36.9 Å². The Morgan fingerprint density at radius 3 is 2.44 bits per heavy atom. The lowest BCUT2D eigenvalue weighted by Gasteiger charge is -2.32. The molecule has 0 radical (unpaired) electrons. The monoisotopic (exact) mass is 428 g/mol. The molecule has 2 aromatic carbocycles. The average molecular weight is 429 g/mol. The van der Waals surface area contributed by atoms with Crippen LogP contribution in [0.1, 0.15) is 48.1 Å². The molecule has 0 saturated carbocycles. The van der Waals surface area contributed by atoms with Gasteiger partial charge in [0, 0.05) is 16.9 Å². The highest BCUT2D eigenvalue weighted by molar-refractivity contribution is 9.10. The van der Waals surface area contributed by atoms with Crippen LogP contribution in [0.3, 0.4) is 0 Å². The largest absolute Gasteiger partial charge is 0.349 e. The summed E-state index contributed by atoms with van der Waals surface area (Å²) in [7, 11) is 0. The summed E-state index contributed by atoms with van der Waals surface area (Å²) in [5, 5.41) is 3.23. The number of hydrogen-bond acceptors (Lipinski definition) is 2. The zero-order chi connectivity index (χ0) is 19.4. The summed E-state index contributed by atoms with van der Waals surface area (Å²) in [5.41, 5.74) is 5.03. The first kappa shape index (κ1) is 20.1. The van der Waals surface area contributed by atoms with Crippen molar-refractivity contribution < 1.29 is 4.79 Å². The molecule has 2 aromatic rings. The Balaban J connectivity index is 1.50. The van der Waals surface area contributed by atoms with Crippen LogP contribution in [-0.4, -0.2) is 23.9 Å². The van der Waals surface area contributed by atoms with E-state index in [-0.39, 0.29) is 17.9 Å². The third-order valence-corrected chi connectivity index (χ3v) is 6.06. The van der Waals surface area contributed by atoms with E-state index in [9.17, 15) is 4.79 Å². The van der Waals surface area contributed by atoms with Gasteiger partial charge in [-0.1, -0.05) is 51.8 Å². The maximum Gasteiger partial charge on any atom is 0.223 e. The quantitative estimate of drug-likeness (QED) is 0.713. The van der Waals surface area contributed by atoms with Crippen LogP contribution in [0.25, 0.3) is 0 Å². The molecule has 1 fully saturated rings. The summed E-state index contributed by atoms with van der Waals surface area (Å²) in [5.74, 6) is 0.324. The maximum absolute atomic E-state index is 12.7. The first-order valence-corrected chi connectivity index (χ1v) is 10.6. The van der Waals surface area contributed by atoms with Crippen molar-refractivity contribution in [2.45, 2.75) is 46.2 Å². The molecule has 1 N–H and O–H groups in total. The van der Waals surface area contributed by atoms with Crippen LogP contribution in [0.15, 0.2) is 46.9 Å². The predicted molar refractivity (Wildman–Crippen MR) is 115 cm³/mol. The number of rotatable bonds is 5. The van der Waals surface area contributed by atoms with E-state index in [0.29, 0.717) is 0 Å². The fourth-order valence-corrected chi connectivity index (χ4v) is 4.19. The Morgan fingerprint density at radius 1 is 1.15 bits per heavy atom. The Hall–Kier alpha value is -1.65. The molecular formula is C23H29BrN2O. The third kappa shape index (κ3) is 5.43. The van der Waals surface area contributed by atoms with E-state index in [1.165, 1.54) is 22.3 Å². The molecule has 144 valence electrons. The van der Waals surface area contributed by atoms with Gasteiger partial charge in [-0.25, -0.2) is 0 Å². The number of likely N-dealkylation sites (tertiary alicyclic amines) is 1. The molecule has 27 heavy (non-hydrogen) atoms.